The number of ether oxygens (including phenoxy) is 1. The van der Waals surface area contributed by atoms with Gasteiger partial charge in [0.05, 0.1) is 11.6 Å². The Morgan fingerprint density at radius 1 is 1.14 bits per heavy atom. The van der Waals surface area contributed by atoms with Crippen LogP contribution in [0.25, 0.3) is 10.9 Å². The molecule has 2 fully saturated rings. The van der Waals surface area contributed by atoms with Crippen LogP contribution in [0.2, 0.25) is 0 Å². The Morgan fingerprint density at radius 3 is 3.09 bits per heavy atom. The number of hydrogen-bond donors (Lipinski definition) is 0. The van der Waals surface area contributed by atoms with Crippen LogP contribution in [0.15, 0.2) is 24.3 Å². The van der Waals surface area contributed by atoms with Crippen LogP contribution in [-0.2, 0) is 11.2 Å². The quantitative estimate of drug-likeness (QED) is 0.738. The molecule has 6 rings (SSSR count). The molecule has 4 aliphatic heterocycles. The zero-order chi connectivity index (χ0) is 14.3. The maximum atomic E-state index is 6.24. The van der Waals surface area contributed by atoms with Crippen LogP contribution in [-0.4, -0.2) is 29.2 Å². The highest BCUT2D eigenvalue weighted by Gasteiger charge is 2.55. The molecule has 0 radical (unpaired) electrons. The first kappa shape index (κ1) is 12.1. The molecule has 5 heterocycles. The molecule has 3 heteroatoms. The molecule has 2 bridgehead atoms. The maximum absolute atomic E-state index is 6.24. The molecule has 0 N–H and O–H groups in total. The van der Waals surface area contributed by atoms with E-state index in [9.17, 15) is 0 Å². The van der Waals surface area contributed by atoms with Gasteiger partial charge in [-0.25, -0.2) is 0 Å². The first-order chi connectivity index (χ1) is 10.9. The molecule has 1 aromatic carbocycles. The number of hydrogen-bond acceptors (Lipinski definition) is 2. The number of benzene rings is 1. The van der Waals surface area contributed by atoms with Crippen molar-refractivity contribution < 1.29 is 4.74 Å². The molecule has 0 amide bonds. The third kappa shape index (κ3) is 1.27. The molecule has 1 spiro atoms. The Hall–Kier alpha value is -1.32. The lowest BCUT2D eigenvalue weighted by Crippen LogP contribution is -2.55. The van der Waals surface area contributed by atoms with Gasteiger partial charge in [0.15, 0.2) is 0 Å². The van der Waals surface area contributed by atoms with E-state index < -0.39 is 0 Å². The highest BCUT2D eigenvalue weighted by Crippen LogP contribution is 2.61. The predicted molar refractivity (Wildman–Crippen MR) is 85.8 cm³/mol. The highest BCUT2D eigenvalue weighted by atomic mass is 16.5. The van der Waals surface area contributed by atoms with Crippen molar-refractivity contribution >= 4 is 10.9 Å². The van der Waals surface area contributed by atoms with Gasteiger partial charge in [-0.3, -0.25) is 4.90 Å². The van der Waals surface area contributed by atoms with E-state index in [1.807, 2.05) is 0 Å². The van der Waals surface area contributed by atoms with Crippen LogP contribution in [0.4, 0.5) is 0 Å². The second-order valence-corrected chi connectivity index (χ2v) is 7.68. The summed E-state index contributed by atoms with van der Waals surface area (Å²) in [6.45, 7) is 3.48. The summed E-state index contributed by atoms with van der Waals surface area (Å²) in [5, 5.41) is 1.48. The standard InChI is InChI=1S/C19H22N2O/c1-2-5-15-13(4-1)14-6-10-20-9-3-7-19-8-11-22-16(12-19)21(15)17(14)18(19)20/h1-2,4-5,16,18H,3,6-12H2/t16-,18+,19+/m0/s1. The van der Waals surface area contributed by atoms with Crippen molar-refractivity contribution in [3.05, 3.63) is 35.5 Å². The number of aromatic nitrogens is 1. The van der Waals surface area contributed by atoms with E-state index in [4.69, 9.17) is 4.74 Å². The van der Waals surface area contributed by atoms with E-state index in [1.54, 1.807) is 11.3 Å². The van der Waals surface area contributed by atoms with Crippen molar-refractivity contribution in [1.82, 2.24) is 9.47 Å². The minimum Gasteiger partial charge on any atom is -0.358 e. The Kier molecular flexibility index (Phi) is 2.18. The lowest BCUT2D eigenvalue weighted by Gasteiger charge is -2.58. The highest BCUT2D eigenvalue weighted by molar-refractivity contribution is 5.86. The number of rotatable bonds is 0. The number of nitrogens with zero attached hydrogens (tertiary/aromatic N) is 2. The van der Waals surface area contributed by atoms with E-state index in [1.165, 1.54) is 56.1 Å². The molecule has 114 valence electrons. The van der Waals surface area contributed by atoms with Crippen molar-refractivity contribution in [1.29, 1.82) is 0 Å². The van der Waals surface area contributed by atoms with Crippen molar-refractivity contribution in [2.75, 3.05) is 19.7 Å². The zero-order valence-corrected chi connectivity index (χ0v) is 12.9. The summed E-state index contributed by atoms with van der Waals surface area (Å²) in [6.07, 6.45) is 6.73. The Morgan fingerprint density at radius 2 is 2.09 bits per heavy atom. The third-order valence-corrected chi connectivity index (χ3v) is 6.81. The monoisotopic (exact) mass is 294 g/mol. The van der Waals surface area contributed by atoms with E-state index in [0.717, 1.165) is 6.61 Å². The van der Waals surface area contributed by atoms with Crippen molar-refractivity contribution in [2.24, 2.45) is 5.41 Å². The predicted octanol–water partition coefficient (Wildman–Crippen LogP) is 3.64. The normalized spacial score (nSPS) is 36.4. The fraction of sp³-hybridized carbons (Fsp3) is 0.579. The van der Waals surface area contributed by atoms with Gasteiger partial charge in [0.1, 0.15) is 6.23 Å². The number of piperidine rings is 1. The summed E-state index contributed by atoms with van der Waals surface area (Å²) in [4.78, 5) is 2.79. The van der Waals surface area contributed by atoms with Gasteiger partial charge in [-0.15, -0.1) is 0 Å². The fourth-order valence-corrected chi connectivity index (χ4v) is 6.02. The van der Waals surface area contributed by atoms with E-state index in [2.05, 4.69) is 33.7 Å². The molecule has 3 nitrogen and oxygen atoms in total. The molecule has 2 aromatic rings. The fourth-order valence-electron chi connectivity index (χ4n) is 6.02. The van der Waals surface area contributed by atoms with Crippen LogP contribution in [0, 0.1) is 5.41 Å². The molecular weight excluding hydrogens is 272 g/mol. The SMILES string of the molecule is c1ccc2c(c1)c1c3n2[C@@H]2C[C@@]4(CCCN(CC1)[C@H]34)CCO2. The minimum atomic E-state index is 0.275. The molecule has 1 aromatic heterocycles. The molecule has 0 unspecified atom stereocenters. The van der Waals surface area contributed by atoms with E-state index >= 15 is 0 Å². The Bertz CT molecular complexity index is 775. The average molecular weight is 294 g/mol. The van der Waals surface area contributed by atoms with Crippen LogP contribution < -0.4 is 0 Å². The Labute approximate surface area is 130 Å². The van der Waals surface area contributed by atoms with Gasteiger partial charge in [-0.2, -0.15) is 0 Å². The van der Waals surface area contributed by atoms with Crippen LogP contribution in [0.1, 0.15) is 49.2 Å². The molecule has 0 aliphatic carbocycles. The lowest BCUT2D eigenvalue weighted by atomic mass is 9.63. The lowest BCUT2D eigenvalue weighted by molar-refractivity contribution is -0.156. The van der Waals surface area contributed by atoms with Crippen LogP contribution >= 0.6 is 0 Å². The first-order valence-electron chi connectivity index (χ1n) is 8.85. The van der Waals surface area contributed by atoms with E-state index in [0.29, 0.717) is 11.5 Å². The van der Waals surface area contributed by atoms with Crippen molar-refractivity contribution in [2.45, 2.75) is 44.4 Å². The summed E-state index contributed by atoms with van der Waals surface area (Å²) in [7, 11) is 0. The largest absolute Gasteiger partial charge is 0.358 e. The summed E-state index contributed by atoms with van der Waals surface area (Å²) in [6, 6.07) is 9.65. The number of fused-ring (bicyclic) bond motifs is 5. The third-order valence-electron chi connectivity index (χ3n) is 6.81. The number of para-hydroxylation sites is 1. The second-order valence-electron chi connectivity index (χ2n) is 7.68. The first-order valence-corrected chi connectivity index (χ1v) is 8.85. The van der Waals surface area contributed by atoms with Crippen LogP contribution in [0.5, 0.6) is 0 Å². The molecule has 22 heavy (non-hydrogen) atoms. The van der Waals surface area contributed by atoms with Crippen LogP contribution in [0.3, 0.4) is 0 Å². The van der Waals surface area contributed by atoms with Gasteiger partial charge >= 0.3 is 0 Å². The molecule has 3 atom stereocenters. The van der Waals surface area contributed by atoms with E-state index in [-0.39, 0.29) is 6.23 Å². The minimum absolute atomic E-state index is 0.275. The zero-order valence-electron chi connectivity index (χ0n) is 12.9. The Balaban J connectivity index is 1.73. The molecular formula is C19H22N2O. The molecule has 2 saturated heterocycles. The molecule has 4 aliphatic rings. The second kappa shape index (κ2) is 3.95. The topological polar surface area (TPSA) is 17.4 Å². The molecule has 0 saturated carbocycles. The summed E-state index contributed by atoms with van der Waals surface area (Å²) >= 11 is 0. The van der Waals surface area contributed by atoms with Crippen molar-refractivity contribution in [3.8, 4) is 0 Å². The smallest absolute Gasteiger partial charge is 0.134 e. The maximum Gasteiger partial charge on any atom is 0.134 e. The summed E-state index contributed by atoms with van der Waals surface area (Å²) < 4.78 is 8.82. The van der Waals surface area contributed by atoms with Crippen molar-refractivity contribution in [3.63, 3.8) is 0 Å². The van der Waals surface area contributed by atoms with Gasteiger partial charge in [0, 0.05) is 30.7 Å². The van der Waals surface area contributed by atoms with Gasteiger partial charge in [-0.1, -0.05) is 18.2 Å². The summed E-state index contributed by atoms with van der Waals surface area (Å²) in [5.74, 6) is 0. The van der Waals surface area contributed by atoms with Gasteiger partial charge in [0.25, 0.3) is 0 Å². The van der Waals surface area contributed by atoms with Gasteiger partial charge < -0.3 is 9.30 Å². The average Bonchev–Trinajstić information content (AvgIpc) is 2.89. The van der Waals surface area contributed by atoms with Gasteiger partial charge in [-0.05, 0) is 49.3 Å². The van der Waals surface area contributed by atoms with Gasteiger partial charge in [0.2, 0.25) is 0 Å². The summed E-state index contributed by atoms with van der Waals surface area (Å²) in [5.41, 5.74) is 5.13.